The maximum atomic E-state index is 13.0. The van der Waals surface area contributed by atoms with Crippen LogP contribution in [0.5, 0.6) is 11.5 Å². The maximum absolute atomic E-state index is 13.0. The summed E-state index contributed by atoms with van der Waals surface area (Å²) in [6.45, 7) is 0. The standard InChI is InChI=1S/C25H18Cl2F3N3O2/c1-33-14-17(12-32-33)23-11-24(22(27)13-31-23)35-19-5-2-15(3-6-19)8-18(34)9-16-4-7-21(26)20(10-16)25(28,29)30/h2-7,10-14H,8-9H2,1H3. The number of aromatic nitrogens is 3. The second-order valence-electron chi connectivity index (χ2n) is 7.85. The number of alkyl halides is 3. The molecule has 5 nitrogen and oxygen atoms in total. The molecule has 2 aromatic heterocycles. The third kappa shape index (κ3) is 6.21. The topological polar surface area (TPSA) is 57.0 Å². The highest BCUT2D eigenvalue weighted by Gasteiger charge is 2.33. The molecule has 0 bridgehead atoms. The predicted molar refractivity (Wildman–Crippen MR) is 127 cm³/mol. The minimum absolute atomic E-state index is 0.0609. The first kappa shape index (κ1) is 24.8. The number of Topliss-reactive ketones (excluding diaryl/α,β-unsaturated/α-hetero) is 1. The Hall–Kier alpha value is -3.36. The lowest BCUT2D eigenvalue weighted by Crippen LogP contribution is -2.10. The molecular formula is C25H18Cl2F3N3O2. The molecular weight excluding hydrogens is 502 g/mol. The average molecular weight is 520 g/mol. The molecule has 35 heavy (non-hydrogen) atoms. The molecule has 2 heterocycles. The number of carbonyl (C=O) groups excluding carboxylic acids is 1. The fourth-order valence-electron chi connectivity index (χ4n) is 3.43. The van der Waals surface area contributed by atoms with E-state index < -0.39 is 16.8 Å². The Morgan fingerprint density at radius 2 is 1.66 bits per heavy atom. The molecule has 0 N–H and O–H groups in total. The van der Waals surface area contributed by atoms with Gasteiger partial charge in [0, 0.05) is 43.9 Å². The Morgan fingerprint density at radius 1 is 0.971 bits per heavy atom. The molecule has 4 aromatic rings. The van der Waals surface area contributed by atoms with Gasteiger partial charge in [-0.2, -0.15) is 18.3 Å². The van der Waals surface area contributed by atoms with Gasteiger partial charge in [0.2, 0.25) is 0 Å². The van der Waals surface area contributed by atoms with Crippen LogP contribution in [0.3, 0.4) is 0 Å². The summed E-state index contributed by atoms with van der Waals surface area (Å²) in [7, 11) is 1.80. The zero-order chi connectivity index (χ0) is 25.2. The van der Waals surface area contributed by atoms with Gasteiger partial charge in [0.15, 0.2) is 0 Å². The second kappa shape index (κ2) is 10.1. The molecule has 0 fully saturated rings. The lowest BCUT2D eigenvalue weighted by molar-refractivity contribution is -0.137. The van der Waals surface area contributed by atoms with Crippen LogP contribution < -0.4 is 4.74 Å². The van der Waals surface area contributed by atoms with Crippen LogP contribution in [0.1, 0.15) is 16.7 Å². The number of hydrogen-bond donors (Lipinski definition) is 0. The van der Waals surface area contributed by atoms with Crippen LogP contribution in [0.2, 0.25) is 10.0 Å². The highest BCUT2D eigenvalue weighted by atomic mass is 35.5. The number of ether oxygens (including phenoxy) is 1. The summed E-state index contributed by atoms with van der Waals surface area (Å²) in [4.78, 5) is 16.7. The zero-order valence-electron chi connectivity index (χ0n) is 18.3. The van der Waals surface area contributed by atoms with E-state index in [4.69, 9.17) is 27.9 Å². The third-order valence-corrected chi connectivity index (χ3v) is 5.72. The van der Waals surface area contributed by atoms with E-state index >= 15 is 0 Å². The Balaban J connectivity index is 1.41. The molecule has 10 heteroatoms. The molecule has 0 aliphatic heterocycles. The fourth-order valence-corrected chi connectivity index (χ4v) is 3.80. The molecule has 0 saturated heterocycles. The lowest BCUT2D eigenvalue weighted by atomic mass is 10.0. The summed E-state index contributed by atoms with van der Waals surface area (Å²) >= 11 is 11.9. The molecule has 0 aliphatic carbocycles. The minimum atomic E-state index is -4.58. The molecule has 0 saturated carbocycles. The van der Waals surface area contributed by atoms with Gasteiger partial charge in [0.25, 0.3) is 0 Å². The van der Waals surface area contributed by atoms with Crippen molar-refractivity contribution in [3.8, 4) is 22.8 Å². The number of hydrogen-bond acceptors (Lipinski definition) is 4. The van der Waals surface area contributed by atoms with Crippen LogP contribution in [-0.2, 0) is 30.9 Å². The maximum Gasteiger partial charge on any atom is 0.417 e. The van der Waals surface area contributed by atoms with E-state index in [1.54, 1.807) is 48.3 Å². The number of pyridine rings is 1. The van der Waals surface area contributed by atoms with Gasteiger partial charge in [0.1, 0.15) is 22.3 Å². The van der Waals surface area contributed by atoms with Gasteiger partial charge in [-0.1, -0.05) is 41.4 Å². The molecule has 0 radical (unpaired) electrons. The average Bonchev–Trinajstić information content (AvgIpc) is 3.23. The van der Waals surface area contributed by atoms with E-state index in [2.05, 4.69) is 10.1 Å². The Morgan fingerprint density at radius 3 is 2.31 bits per heavy atom. The minimum Gasteiger partial charge on any atom is -0.456 e. The van der Waals surface area contributed by atoms with Crippen LogP contribution >= 0.6 is 23.2 Å². The molecule has 0 spiro atoms. The van der Waals surface area contributed by atoms with Crippen molar-refractivity contribution in [1.29, 1.82) is 0 Å². The van der Waals surface area contributed by atoms with Crippen molar-refractivity contribution in [2.75, 3.05) is 0 Å². The van der Waals surface area contributed by atoms with Crippen molar-refractivity contribution in [3.05, 3.63) is 93.9 Å². The normalized spacial score (nSPS) is 11.5. The van der Waals surface area contributed by atoms with Gasteiger partial charge in [-0.05, 0) is 35.4 Å². The third-order valence-electron chi connectivity index (χ3n) is 5.11. The second-order valence-corrected chi connectivity index (χ2v) is 8.67. The van der Waals surface area contributed by atoms with Crippen molar-refractivity contribution in [2.45, 2.75) is 19.0 Å². The summed E-state index contributed by atoms with van der Waals surface area (Å²) in [6.07, 6.45) is 0.336. The monoisotopic (exact) mass is 519 g/mol. The number of halogens is 5. The van der Waals surface area contributed by atoms with Gasteiger partial charge >= 0.3 is 6.18 Å². The number of aryl methyl sites for hydroxylation is 1. The van der Waals surface area contributed by atoms with E-state index in [0.29, 0.717) is 27.8 Å². The number of nitrogens with zero attached hydrogens (tertiary/aromatic N) is 3. The number of carbonyl (C=O) groups is 1. The molecule has 0 amide bonds. The van der Waals surface area contributed by atoms with E-state index in [1.807, 2.05) is 6.20 Å². The molecule has 0 aliphatic rings. The van der Waals surface area contributed by atoms with Gasteiger partial charge in [0.05, 0.1) is 22.5 Å². The van der Waals surface area contributed by atoms with Crippen LogP contribution in [0.25, 0.3) is 11.3 Å². The molecule has 4 rings (SSSR count). The molecule has 2 aromatic carbocycles. The predicted octanol–water partition coefficient (Wildman–Crippen LogP) is 6.95. The van der Waals surface area contributed by atoms with Gasteiger partial charge < -0.3 is 4.74 Å². The van der Waals surface area contributed by atoms with E-state index in [-0.39, 0.29) is 24.2 Å². The van der Waals surface area contributed by atoms with E-state index in [0.717, 1.165) is 17.7 Å². The SMILES string of the molecule is Cn1cc(-c2cc(Oc3ccc(CC(=O)Cc4ccc(Cl)c(C(F)(F)F)c4)cc3)c(Cl)cn2)cn1. The Kier molecular flexibility index (Phi) is 7.14. The first-order valence-electron chi connectivity index (χ1n) is 10.4. The number of rotatable bonds is 7. The largest absolute Gasteiger partial charge is 0.456 e. The van der Waals surface area contributed by atoms with Gasteiger partial charge in [-0.15, -0.1) is 0 Å². The summed E-state index contributed by atoms with van der Waals surface area (Å²) in [5.74, 6) is 0.680. The molecule has 0 atom stereocenters. The lowest BCUT2D eigenvalue weighted by Gasteiger charge is -2.11. The quantitative estimate of drug-likeness (QED) is 0.265. The van der Waals surface area contributed by atoms with Gasteiger partial charge in [-0.25, -0.2) is 0 Å². The number of ketones is 1. The van der Waals surface area contributed by atoms with Crippen molar-refractivity contribution in [3.63, 3.8) is 0 Å². The molecule has 180 valence electrons. The summed E-state index contributed by atoms with van der Waals surface area (Å²) < 4.78 is 46.7. The van der Waals surface area contributed by atoms with Crippen LogP contribution in [0.15, 0.2) is 67.1 Å². The first-order chi connectivity index (χ1) is 16.6. The highest BCUT2D eigenvalue weighted by molar-refractivity contribution is 6.32. The highest BCUT2D eigenvalue weighted by Crippen LogP contribution is 2.35. The van der Waals surface area contributed by atoms with Crippen LogP contribution in [0.4, 0.5) is 13.2 Å². The summed E-state index contributed by atoms with van der Waals surface area (Å²) in [5.41, 5.74) is 1.46. The molecule has 0 unspecified atom stereocenters. The zero-order valence-corrected chi connectivity index (χ0v) is 19.8. The fraction of sp³-hybridized carbons (Fsp3) is 0.160. The van der Waals surface area contributed by atoms with Crippen molar-refractivity contribution >= 4 is 29.0 Å². The van der Waals surface area contributed by atoms with Crippen molar-refractivity contribution in [2.24, 2.45) is 7.05 Å². The summed E-state index contributed by atoms with van der Waals surface area (Å²) in [5, 5.41) is 4.06. The van der Waals surface area contributed by atoms with E-state index in [1.165, 1.54) is 12.3 Å². The van der Waals surface area contributed by atoms with Crippen LogP contribution in [0, 0.1) is 0 Å². The number of benzene rings is 2. The van der Waals surface area contributed by atoms with Gasteiger partial charge in [-0.3, -0.25) is 14.5 Å². The van der Waals surface area contributed by atoms with Crippen molar-refractivity contribution in [1.82, 2.24) is 14.8 Å². The van der Waals surface area contributed by atoms with E-state index in [9.17, 15) is 18.0 Å². The summed E-state index contributed by atoms with van der Waals surface area (Å²) in [6, 6.07) is 12.0. The first-order valence-corrected chi connectivity index (χ1v) is 11.1. The Bertz CT molecular complexity index is 1370. The van der Waals surface area contributed by atoms with Crippen LogP contribution in [-0.4, -0.2) is 20.5 Å². The smallest absolute Gasteiger partial charge is 0.417 e. The van der Waals surface area contributed by atoms with Crippen molar-refractivity contribution < 1.29 is 22.7 Å². The Labute approximate surface area is 209 Å².